The largest absolute Gasteiger partial charge is 0.481 e. The van der Waals surface area contributed by atoms with Crippen LogP contribution in [0.3, 0.4) is 0 Å². The number of halogens is 1. The molecular formula is C14H18ClNO2. The fraction of sp³-hybridized carbons (Fsp3) is 0.500. The standard InChI is InChI=1S/C14H17NO2.ClH/c1-10-14(13(16)17)7-12(14)9-15(10)8-11-5-3-2-4-6-11;/h2-6,10,12H,7-9H2,1H3,(H,16,17);1H. The molecule has 3 atom stereocenters. The molecule has 18 heavy (non-hydrogen) atoms. The van der Waals surface area contributed by atoms with Crippen LogP contribution in [0.4, 0.5) is 0 Å². The molecule has 4 heteroatoms. The maximum Gasteiger partial charge on any atom is 0.311 e. The average molecular weight is 268 g/mol. The molecule has 1 aliphatic heterocycles. The first-order valence-corrected chi connectivity index (χ1v) is 6.16. The van der Waals surface area contributed by atoms with Gasteiger partial charge in [0.05, 0.1) is 5.41 Å². The highest BCUT2D eigenvalue weighted by atomic mass is 35.5. The van der Waals surface area contributed by atoms with E-state index < -0.39 is 11.4 Å². The molecule has 3 rings (SSSR count). The van der Waals surface area contributed by atoms with Crippen LogP contribution in [0.5, 0.6) is 0 Å². The Morgan fingerprint density at radius 3 is 2.67 bits per heavy atom. The second-order valence-corrected chi connectivity index (χ2v) is 5.34. The Hall–Kier alpha value is -1.06. The zero-order chi connectivity index (χ0) is 12.0. The summed E-state index contributed by atoms with van der Waals surface area (Å²) in [5.74, 6) is -0.232. The number of piperidine rings is 1. The highest BCUT2D eigenvalue weighted by molar-refractivity contribution is 5.85. The number of rotatable bonds is 3. The number of nitrogens with zero attached hydrogens (tertiary/aromatic N) is 1. The second-order valence-electron chi connectivity index (χ2n) is 5.34. The van der Waals surface area contributed by atoms with Gasteiger partial charge in [0.25, 0.3) is 0 Å². The molecule has 1 saturated heterocycles. The monoisotopic (exact) mass is 267 g/mol. The Bertz CT molecular complexity index is 450. The van der Waals surface area contributed by atoms with Gasteiger partial charge < -0.3 is 5.11 Å². The van der Waals surface area contributed by atoms with Gasteiger partial charge in [0.15, 0.2) is 0 Å². The van der Waals surface area contributed by atoms with Crippen molar-refractivity contribution in [2.75, 3.05) is 6.54 Å². The van der Waals surface area contributed by atoms with E-state index in [1.165, 1.54) is 5.56 Å². The van der Waals surface area contributed by atoms with Gasteiger partial charge in [-0.3, -0.25) is 9.69 Å². The number of aliphatic carboxylic acids is 1. The topological polar surface area (TPSA) is 40.5 Å². The summed E-state index contributed by atoms with van der Waals surface area (Å²) in [6.45, 7) is 3.86. The lowest BCUT2D eigenvalue weighted by molar-refractivity contribution is -0.145. The number of carboxylic acids is 1. The Kier molecular flexibility index (Phi) is 3.39. The third-order valence-electron chi connectivity index (χ3n) is 4.53. The number of carbonyl (C=O) groups is 1. The quantitative estimate of drug-likeness (QED) is 0.914. The molecule has 1 saturated carbocycles. The first-order valence-electron chi connectivity index (χ1n) is 6.16. The number of benzene rings is 1. The summed E-state index contributed by atoms with van der Waals surface area (Å²) in [4.78, 5) is 13.6. The van der Waals surface area contributed by atoms with Gasteiger partial charge in [-0.2, -0.15) is 0 Å². The SMILES string of the molecule is CC1N(Cc2ccccc2)CC2CC21C(=O)O.Cl. The molecule has 1 heterocycles. The summed E-state index contributed by atoms with van der Waals surface area (Å²) in [5, 5.41) is 9.34. The van der Waals surface area contributed by atoms with E-state index in [4.69, 9.17) is 0 Å². The van der Waals surface area contributed by atoms with E-state index in [1.807, 2.05) is 18.2 Å². The molecule has 1 N–H and O–H groups in total. The molecule has 1 aliphatic carbocycles. The van der Waals surface area contributed by atoms with E-state index in [0.29, 0.717) is 5.92 Å². The van der Waals surface area contributed by atoms with Crippen LogP contribution in [0, 0.1) is 11.3 Å². The highest BCUT2D eigenvalue weighted by Crippen LogP contribution is 2.61. The van der Waals surface area contributed by atoms with Crippen molar-refractivity contribution in [2.45, 2.75) is 25.9 Å². The van der Waals surface area contributed by atoms with Crippen LogP contribution in [0.15, 0.2) is 30.3 Å². The van der Waals surface area contributed by atoms with Crippen molar-refractivity contribution < 1.29 is 9.90 Å². The summed E-state index contributed by atoms with van der Waals surface area (Å²) in [7, 11) is 0. The zero-order valence-corrected chi connectivity index (χ0v) is 11.2. The summed E-state index contributed by atoms with van der Waals surface area (Å²) >= 11 is 0. The fourth-order valence-electron chi connectivity index (χ4n) is 3.31. The summed E-state index contributed by atoms with van der Waals surface area (Å²) in [6.07, 6.45) is 0.870. The molecule has 0 bridgehead atoms. The molecule has 0 radical (unpaired) electrons. The summed E-state index contributed by atoms with van der Waals surface area (Å²) in [6, 6.07) is 10.4. The average Bonchev–Trinajstić information content (AvgIpc) is 2.98. The second kappa shape index (κ2) is 4.56. The first kappa shape index (κ1) is 13.4. The van der Waals surface area contributed by atoms with Crippen molar-refractivity contribution in [1.29, 1.82) is 0 Å². The molecule has 1 aromatic carbocycles. The van der Waals surface area contributed by atoms with Crippen LogP contribution in [-0.4, -0.2) is 28.6 Å². The minimum absolute atomic E-state index is 0. The lowest BCUT2D eigenvalue weighted by atomic mass is 9.98. The minimum Gasteiger partial charge on any atom is -0.481 e. The molecular weight excluding hydrogens is 250 g/mol. The van der Waals surface area contributed by atoms with Gasteiger partial charge in [-0.15, -0.1) is 12.4 Å². The lowest BCUT2D eigenvalue weighted by Gasteiger charge is -2.27. The van der Waals surface area contributed by atoms with Crippen LogP contribution in [-0.2, 0) is 11.3 Å². The van der Waals surface area contributed by atoms with E-state index >= 15 is 0 Å². The predicted molar refractivity (Wildman–Crippen MR) is 71.7 cm³/mol. The Morgan fingerprint density at radius 1 is 1.44 bits per heavy atom. The Morgan fingerprint density at radius 2 is 2.11 bits per heavy atom. The minimum atomic E-state index is -0.606. The van der Waals surface area contributed by atoms with E-state index in [9.17, 15) is 9.90 Å². The molecule has 98 valence electrons. The first-order chi connectivity index (χ1) is 8.14. The van der Waals surface area contributed by atoms with Crippen LogP contribution < -0.4 is 0 Å². The van der Waals surface area contributed by atoms with E-state index in [0.717, 1.165) is 19.5 Å². The highest BCUT2D eigenvalue weighted by Gasteiger charge is 2.69. The third kappa shape index (κ3) is 1.82. The van der Waals surface area contributed by atoms with Gasteiger partial charge in [-0.1, -0.05) is 30.3 Å². The van der Waals surface area contributed by atoms with E-state index in [2.05, 4.69) is 24.0 Å². The van der Waals surface area contributed by atoms with Gasteiger partial charge >= 0.3 is 5.97 Å². The summed E-state index contributed by atoms with van der Waals surface area (Å²) in [5.41, 5.74) is 0.829. The van der Waals surface area contributed by atoms with Gasteiger partial charge in [-0.25, -0.2) is 0 Å². The number of hydrogen-bond acceptors (Lipinski definition) is 2. The summed E-state index contributed by atoms with van der Waals surface area (Å²) < 4.78 is 0. The van der Waals surface area contributed by atoms with Crippen molar-refractivity contribution in [3.63, 3.8) is 0 Å². The van der Waals surface area contributed by atoms with Crippen molar-refractivity contribution in [3.05, 3.63) is 35.9 Å². The third-order valence-corrected chi connectivity index (χ3v) is 4.53. The zero-order valence-electron chi connectivity index (χ0n) is 10.4. The predicted octanol–water partition coefficient (Wildman–Crippen LogP) is 2.40. The van der Waals surface area contributed by atoms with Crippen LogP contribution >= 0.6 is 12.4 Å². The lowest BCUT2D eigenvalue weighted by Crippen LogP contribution is -2.37. The number of likely N-dealkylation sites (tertiary alicyclic amines) is 1. The molecule has 0 amide bonds. The molecule has 1 aromatic rings. The van der Waals surface area contributed by atoms with Gasteiger partial charge in [-0.05, 0) is 24.8 Å². The smallest absolute Gasteiger partial charge is 0.311 e. The molecule has 0 aromatic heterocycles. The molecule has 2 aliphatic rings. The maximum atomic E-state index is 11.3. The van der Waals surface area contributed by atoms with Crippen molar-refractivity contribution in [3.8, 4) is 0 Å². The van der Waals surface area contributed by atoms with Gasteiger partial charge in [0.1, 0.15) is 0 Å². The number of fused-ring (bicyclic) bond motifs is 1. The van der Waals surface area contributed by atoms with Gasteiger partial charge in [0.2, 0.25) is 0 Å². The van der Waals surface area contributed by atoms with E-state index in [1.54, 1.807) is 0 Å². The normalized spacial score (nSPS) is 33.6. The van der Waals surface area contributed by atoms with Crippen molar-refractivity contribution in [1.82, 2.24) is 4.90 Å². The van der Waals surface area contributed by atoms with Crippen molar-refractivity contribution >= 4 is 18.4 Å². The van der Waals surface area contributed by atoms with Crippen LogP contribution in [0.1, 0.15) is 18.9 Å². The Balaban J connectivity index is 0.00000120. The van der Waals surface area contributed by atoms with Crippen LogP contribution in [0.2, 0.25) is 0 Å². The Labute approximate surface area is 113 Å². The molecule has 0 spiro atoms. The molecule has 3 nitrogen and oxygen atoms in total. The number of carboxylic acid groups (broad SMARTS) is 1. The van der Waals surface area contributed by atoms with Crippen molar-refractivity contribution in [2.24, 2.45) is 11.3 Å². The van der Waals surface area contributed by atoms with E-state index in [-0.39, 0.29) is 18.4 Å². The molecule has 3 unspecified atom stereocenters. The fourth-order valence-corrected chi connectivity index (χ4v) is 3.31. The number of hydrogen-bond donors (Lipinski definition) is 1. The van der Waals surface area contributed by atoms with Gasteiger partial charge in [0, 0.05) is 19.1 Å². The molecule has 2 fully saturated rings. The van der Waals surface area contributed by atoms with Crippen LogP contribution in [0.25, 0.3) is 0 Å². The maximum absolute atomic E-state index is 11.3.